The molecule has 0 aliphatic carbocycles. The SMILES string of the molecule is CCC1(O)CCN(C(=O)C(C)O)C1. The van der Waals surface area contributed by atoms with E-state index in [0.717, 1.165) is 0 Å². The van der Waals surface area contributed by atoms with E-state index in [2.05, 4.69) is 0 Å². The normalized spacial score (nSPS) is 30.6. The van der Waals surface area contributed by atoms with Crippen LogP contribution in [0.3, 0.4) is 0 Å². The fourth-order valence-corrected chi connectivity index (χ4v) is 1.60. The summed E-state index contributed by atoms with van der Waals surface area (Å²) in [6.07, 6.45) is 0.303. The summed E-state index contributed by atoms with van der Waals surface area (Å²) in [5.41, 5.74) is -0.732. The van der Waals surface area contributed by atoms with Gasteiger partial charge in [0.05, 0.1) is 5.60 Å². The van der Waals surface area contributed by atoms with Crippen LogP contribution in [0.4, 0.5) is 0 Å². The summed E-state index contributed by atoms with van der Waals surface area (Å²) in [5, 5.41) is 18.9. The second kappa shape index (κ2) is 3.64. The Morgan fingerprint density at radius 1 is 1.69 bits per heavy atom. The Morgan fingerprint density at radius 2 is 2.31 bits per heavy atom. The number of nitrogens with zero attached hydrogens (tertiary/aromatic N) is 1. The lowest BCUT2D eigenvalue weighted by atomic mass is 10.0. The molecular formula is C9H17NO3. The molecule has 1 fully saturated rings. The lowest BCUT2D eigenvalue weighted by Crippen LogP contribution is -2.39. The Hall–Kier alpha value is -0.610. The standard InChI is InChI=1S/C9H17NO3/c1-3-9(13)4-5-10(6-9)8(12)7(2)11/h7,11,13H,3-6H2,1-2H3. The molecule has 1 amide bonds. The second-order valence-corrected chi connectivity index (χ2v) is 3.76. The van der Waals surface area contributed by atoms with Gasteiger partial charge in [0.1, 0.15) is 6.10 Å². The minimum absolute atomic E-state index is 0.288. The van der Waals surface area contributed by atoms with Crippen LogP contribution in [0.5, 0.6) is 0 Å². The predicted octanol–water partition coefficient (Wildman–Crippen LogP) is -0.259. The highest BCUT2D eigenvalue weighted by atomic mass is 16.3. The van der Waals surface area contributed by atoms with Crippen molar-refractivity contribution >= 4 is 5.91 Å². The average molecular weight is 187 g/mol. The lowest BCUT2D eigenvalue weighted by Gasteiger charge is -2.22. The molecule has 1 heterocycles. The third-order valence-electron chi connectivity index (χ3n) is 2.66. The number of carbonyl (C=O) groups excluding carboxylic acids is 1. The van der Waals surface area contributed by atoms with E-state index in [4.69, 9.17) is 5.11 Å². The van der Waals surface area contributed by atoms with Gasteiger partial charge in [-0.3, -0.25) is 4.79 Å². The third kappa shape index (κ3) is 2.19. The Kier molecular flexibility index (Phi) is 2.93. The quantitative estimate of drug-likeness (QED) is 0.626. The Bertz CT molecular complexity index is 205. The number of amides is 1. The summed E-state index contributed by atoms with van der Waals surface area (Å²) in [6.45, 7) is 4.25. The van der Waals surface area contributed by atoms with Crippen molar-refractivity contribution in [2.24, 2.45) is 0 Å². The highest BCUT2D eigenvalue weighted by Crippen LogP contribution is 2.24. The predicted molar refractivity (Wildman–Crippen MR) is 48.1 cm³/mol. The first kappa shape index (κ1) is 10.5. The van der Waals surface area contributed by atoms with E-state index in [1.165, 1.54) is 11.8 Å². The molecule has 4 nitrogen and oxygen atoms in total. The number of rotatable bonds is 2. The van der Waals surface area contributed by atoms with E-state index < -0.39 is 11.7 Å². The van der Waals surface area contributed by atoms with Crippen LogP contribution in [-0.2, 0) is 4.79 Å². The van der Waals surface area contributed by atoms with Crippen LogP contribution in [0.2, 0.25) is 0 Å². The van der Waals surface area contributed by atoms with E-state index in [9.17, 15) is 9.90 Å². The van der Waals surface area contributed by atoms with Gasteiger partial charge >= 0.3 is 0 Å². The molecule has 0 aromatic rings. The summed E-state index contributed by atoms with van der Waals surface area (Å²) >= 11 is 0. The molecule has 0 aromatic carbocycles. The zero-order chi connectivity index (χ0) is 10.1. The van der Waals surface area contributed by atoms with Gasteiger partial charge in [-0.15, -0.1) is 0 Å². The van der Waals surface area contributed by atoms with Gasteiger partial charge in [0.15, 0.2) is 0 Å². The van der Waals surface area contributed by atoms with E-state index in [-0.39, 0.29) is 5.91 Å². The second-order valence-electron chi connectivity index (χ2n) is 3.76. The van der Waals surface area contributed by atoms with E-state index in [1.807, 2.05) is 6.92 Å². The first-order valence-corrected chi connectivity index (χ1v) is 4.68. The van der Waals surface area contributed by atoms with Crippen molar-refractivity contribution in [3.8, 4) is 0 Å². The molecule has 0 radical (unpaired) electrons. The van der Waals surface area contributed by atoms with Crippen molar-refractivity contribution < 1.29 is 15.0 Å². The number of aliphatic hydroxyl groups is 2. The van der Waals surface area contributed by atoms with Gasteiger partial charge in [0.2, 0.25) is 0 Å². The molecule has 4 heteroatoms. The molecule has 2 unspecified atom stereocenters. The third-order valence-corrected chi connectivity index (χ3v) is 2.66. The smallest absolute Gasteiger partial charge is 0.251 e. The van der Waals surface area contributed by atoms with E-state index >= 15 is 0 Å². The maximum atomic E-state index is 11.3. The number of β-amino-alcohol motifs (C(OH)–C–C–N with tert-alkyl or cyclic N) is 1. The van der Waals surface area contributed by atoms with E-state index in [0.29, 0.717) is 25.9 Å². The summed E-state index contributed by atoms with van der Waals surface area (Å²) in [4.78, 5) is 12.8. The van der Waals surface area contributed by atoms with Gasteiger partial charge in [0.25, 0.3) is 5.91 Å². The van der Waals surface area contributed by atoms with E-state index in [1.54, 1.807) is 0 Å². The molecule has 1 aliphatic heterocycles. The zero-order valence-corrected chi connectivity index (χ0v) is 8.16. The summed E-state index contributed by atoms with van der Waals surface area (Å²) in [7, 11) is 0. The highest BCUT2D eigenvalue weighted by molar-refractivity contribution is 5.80. The van der Waals surface area contributed by atoms with Crippen LogP contribution in [0.1, 0.15) is 26.7 Å². The maximum Gasteiger partial charge on any atom is 0.251 e. The molecule has 0 saturated carbocycles. The molecule has 76 valence electrons. The Labute approximate surface area is 78.2 Å². The molecule has 2 N–H and O–H groups in total. The molecule has 2 atom stereocenters. The summed E-state index contributed by atoms with van der Waals surface area (Å²) in [5.74, 6) is -0.288. The largest absolute Gasteiger partial charge is 0.388 e. The molecule has 0 spiro atoms. The number of aliphatic hydroxyl groups excluding tert-OH is 1. The monoisotopic (exact) mass is 187 g/mol. The van der Waals surface area contributed by atoms with Crippen molar-refractivity contribution in [2.45, 2.75) is 38.4 Å². The van der Waals surface area contributed by atoms with Gasteiger partial charge in [-0.1, -0.05) is 6.92 Å². The fourth-order valence-electron chi connectivity index (χ4n) is 1.60. The Morgan fingerprint density at radius 3 is 2.69 bits per heavy atom. The molecule has 13 heavy (non-hydrogen) atoms. The van der Waals surface area contributed by atoms with Gasteiger partial charge in [-0.25, -0.2) is 0 Å². The van der Waals surface area contributed by atoms with Gasteiger partial charge < -0.3 is 15.1 Å². The van der Waals surface area contributed by atoms with Crippen LogP contribution in [-0.4, -0.2) is 45.8 Å². The van der Waals surface area contributed by atoms with Crippen molar-refractivity contribution in [1.82, 2.24) is 4.90 Å². The molecular weight excluding hydrogens is 170 g/mol. The van der Waals surface area contributed by atoms with Gasteiger partial charge in [-0.2, -0.15) is 0 Å². The van der Waals surface area contributed by atoms with Crippen molar-refractivity contribution in [3.63, 3.8) is 0 Å². The minimum Gasteiger partial charge on any atom is -0.388 e. The van der Waals surface area contributed by atoms with Crippen molar-refractivity contribution in [3.05, 3.63) is 0 Å². The lowest BCUT2D eigenvalue weighted by molar-refractivity contribution is -0.139. The molecule has 0 aromatic heterocycles. The van der Waals surface area contributed by atoms with Crippen LogP contribution in [0, 0.1) is 0 Å². The maximum absolute atomic E-state index is 11.3. The fraction of sp³-hybridized carbons (Fsp3) is 0.889. The summed E-state index contributed by atoms with van der Waals surface area (Å²) < 4.78 is 0. The number of likely N-dealkylation sites (tertiary alicyclic amines) is 1. The first-order chi connectivity index (χ1) is 5.98. The van der Waals surface area contributed by atoms with Gasteiger partial charge in [-0.05, 0) is 19.8 Å². The molecule has 1 rings (SSSR count). The molecule has 0 bridgehead atoms. The topological polar surface area (TPSA) is 60.8 Å². The number of hydrogen-bond donors (Lipinski definition) is 2. The van der Waals surface area contributed by atoms with Crippen LogP contribution in [0.15, 0.2) is 0 Å². The molecule has 1 saturated heterocycles. The first-order valence-electron chi connectivity index (χ1n) is 4.68. The highest BCUT2D eigenvalue weighted by Gasteiger charge is 2.37. The van der Waals surface area contributed by atoms with Crippen molar-refractivity contribution in [2.75, 3.05) is 13.1 Å². The number of hydrogen-bond acceptors (Lipinski definition) is 3. The summed E-state index contributed by atoms with van der Waals surface area (Å²) in [6, 6.07) is 0. The van der Waals surface area contributed by atoms with Crippen LogP contribution < -0.4 is 0 Å². The van der Waals surface area contributed by atoms with Gasteiger partial charge in [0, 0.05) is 13.1 Å². The average Bonchev–Trinajstić information content (AvgIpc) is 2.47. The van der Waals surface area contributed by atoms with Crippen LogP contribution >= 0.6 is 0 Å². The zero-order valence-electron chi connectivity index (χ0n) is 8.16. The van der Waals surface area contributed by atoms with Crippen molar-refractivity contribution in [1.29, 1.82) is 0 Å². The van der Waals surface area contributed by atoms with Crippen LogP contribution in [0.25, 0.3) is 0 Å². The Balaban J connectivity index is 2.55. The minimum atomic E-state index is -0.959. The number of carbonyl (C=O) groups is 1. The molecule has 1 aliphatic rings.